The highest BCUT2D eigenvalue weighted by Crippen LogP contribution is 2.44. The molecule has 0 aliphatic carbocycles. The van der Waals surface area contributed by atoms with E-state index in [1.165, 1.54) is 54.6 Å². The van der Waals surface area contributed by atoms with E-state index < -0.39 is 0 Å². The van der Waals surface area contributed by atoms with Gasteiger partial charge in [0, 0.05) is 27.7 Å². The Morgan fingerprint density at radius 3 is 1.57 bits per heavy atom. The lowest BCUT2D eigenvalue weighted by atomic mass is 9.96. The third kappa shape index (κ3) is 5.42. The second-order valence-corrected chi connectivity index (χ2v) is 14.5. The highest BCUT2D eigenvalue weighted by atomic mass is 16.3. The molecule has 0 unspecified atom stereocenters. The van der Waals surface area contributed by atoms with E-state index in [2.05, 4.69) is 217 Å². The number of rotatable bonds is 6. The Morgan fingerprint density at radius 2 is 0.821 bits per heavy atom. The zero-order valence-corrected chi connectivity index (χ0v) is 30.6. The van der Waals surface area contributed by atoms with Crippen molar-refractivity contribution in [2.75, 3.05) is 4.90 Å². The lowest BCUT2D eigenvalue weighted by Gasteiger charge is -2.28. The van der Waals surface area contributed by atoms with Crippen LogP contribution in [0.25, 0.3) is 87.6 Å². The molecule has 56 heavy (non-hydrogen) atoms. The predicted molar refractivity (Wildman–Crippen MR) is 237 cm³/mol. The summed E-state index contributed by atoms with van der Waals surface area (Å²) in [4.78, 5) is 2.40. The normalized spacial score (nSPS) is 11.6. The topological polar surface area (TPSA) is 16.4 Å². The number of furan rings is 1. The van der Waals surface area contributed by atoms with Crippen LogP contribution in [-0.2, 0) is 0 Å². The van der Waals surface area contributed by atoms with Gasteiger partial charge in [0.05, 0.1) is 5.69 Å². The summed E-state index contributed by atoms with van der Waals surface area (Å²) in [5, 5.41) is 9.59. The van der Waals surface area contributed by atoms with Gasteiger partial charge in [-0.1, -0.05) is 158 Å². The fourth-order valence-corrected chi connectivity index (χ4v) is 8.53. The first-order chi connectivity index (χ1) is 27.7. The summed E-state index contributed by atoms with van der Waals surface area (Å²) in [6.07, 6.45) is 0. The molecule has 1 aromatic heterocycles. The zero-order valence-electron chi connectivity index (χ0n) is 30.6. The molecule has 0 saturated heterocycles. The molecule has 262 valence electrons. The molecule has 0 amide bonds. The maximum absolute atomic E-state index is 6.42. The van der Waals surface area contributed by atoms with Gasteiger partial charge in [0.25, 0.3) is 0 Å². The quantitative estimate of drug-likeness (QED) is 0.171. The molecule has 2 nitrogen and oxygen atoms in total. The van der Waals surface area contributed by atoms with Crippen LogP contribution >= 0.6 is 0 Å². The second kappa shape index (κ2) is 13.2. The van der Waals surface area contributed by atoms with Crippen molar-refractivity contribution in [2.24, 2.45) is 0 Å². The molecule has 2 heteroatoms. The summed E-state index contributed by atoms with van der Waals surface area (Å²) in [5.41, 5.74) is 12.1. The van der Waals surface area contributed by atoms with E-state index in [1.54, 1.807) is 0 Å². The van der Waals surface area contributed by atoms with E-state index >= 15 is 0 Å². The number of para-hydroxylation sites is 1. The number of hydrogen-bond donors (Lipinski definition) is 0. The molecule has 0 bridgehead atoms. The fraction of sp³-hybridized carbons (Fsp3) is 0. The van der Waals surface area contributed by atoms with Crippen LogP contribution < -0.4 is 4.90 Å². The van der Waals surface area contributed by atoms with Gasteiger partial charge in [-0.3, -0.25) is 0 Å². The van der Waals surface area contributed by atoms with Crippen molar-refractivity contribution < 1.29 is 4.42 Å². The Labute approximate surface area is 325 Å². The molecular weight excluding hydrogens is 679 g/mol. The zero-order chi connectivity index (χ0) is 37.0. The maximum Gasteiger partial charge on any atom is 0.136 e. The van der Waals surface area contributed by atoms with E-state index in [4.69, 9.17) is 4.42 Å². The monoisotopic (exact) mass is 713 g/mol. The predicted octanol–water partition coefficient (Wildman–Crippen LogP) is 15.5. The van der Waals surface area contributed by atoms with Gasteiger partial charge in [0.2, 0.25) is 0 Å². The third-order valence-electron chi connectivity index (χ3n) is 11.2. The molecule has 0 aliphatic rings. The number of hydrogen-bond acceptors (Lipinski definition) is 2. The molecule has 0 spiro atoms. The van der Waals surface area contributed by atoms with E-state index in [1.807, 2.05) is 0 Å². The minimum absolute atomic E-state index is 0.889. The Balaban J connectivity index is 1.09. The first-order valence-electron chi connectivity index (χ1n) is 19.2. The van der Waals surface area contributed by atoms with Crippen molar-refractivity contribution in [1.82, 2.24) is 0 Å². The van der Waals surface area contributed by atoms with Crippen LogP contribution in [-0.4, -0.2) is 0 Å². The Kier molecular flexibility index (Phi) is 7.53. The largest absolute Gasteiger partial charge is 0.456 e. The minimum Gasteiger partial charge on any atom is -0.456 e. The van der Waals surface area contributed by atoms with Gasteiger partial charge in [-0.2, -0.15) is 0 Å². The molecule has 0 N–H and O–H groups in total. The van der Waals surface area contributed by atoms with Gasteiger partial charge in [-0.15, -0.1) is 0 Å². The Morgan fingerprint density at radius 1 is 0.286 bits per heavy atom. The molecule has 0 fully saturated rings. The number of nitrogens with zero attached hydrogens (tertiary/aromatic N) is 1. The summed E-state index contributed by atoms with van der Waals surface area (Å²) in [7, 11) is 0. The molecule has 11 rings (SSSR count). The molecule has 0 atom stereocenters. The minimum atomic E-state index is 0.889. The number of benzene rings is 10. The highest BCUT2D eigenvalue weighted by Gasteiger charge is 2.20. The Bertz CT molecular complexity index is 3250. The van der Waals surface area contributed by atoms with Crippen molar-refractivity contribution >= 4 is 71.3 Å². The standard InChI is InChI=1S/C54H35NO/c1-2-15-40-35-54-51(33-39(40)14-1)50-34-42(28-31-53(50)56-54)49-22-7-8-25-52(49)55(43-29-26-38(27-30-43)47-23-10-16-36-12-3-5-20-45(36)47)44-19-9-18-41(32-44)48-24-11-17-37-13-4-6-21-46(37)48/h1-35H. The summed E-state index contributed by atoms with van der Waals surface area (Å²) >= 11 is 0. The fourth-order valence-electron chi connectivity index (χ4n) is 8.53. The molecular formula is C54H35NO. The van der Waals surface area contributed by atoms with Crippen molar-refractivity contribution in [1.29, 1.82) is 0 Å². The van der Waals surface area contributed by atoms with Gasteiger partial charge in [-0.05, 0) is 115 Å². The Hall–Kier alpha value is -7.42. The van der Waals surface area contributed by atoms with Crippen LogP contribution in [0, 0.1) is 0 Å². The summed E-state index contributed by atoms with van der Waals surface area (Å²) in [5.74, 6) is 0. The molecule has 11 aromatic rings. The van der Waals surface area contributed by atoms with E-state index in [0.717, 1.165) is 50.1 Å². The second-order valence-electron chi connectivity index (χ2n) is 14.5. The lowest BCUT2D eigenvalue weighted by molar-refractivity contribution is 0.669. The van der Waals surface area contributed by atoms with Crippen LogP contribution in [0.3, 0.4) is 0 Å². The molecule has 1 heterocycles. The van der Waals surface area contributed by atoms with E-state index in [-0.39, 0.29) is 0 Å². The lowest BCUT2D eigenvalue weighted by Crippen LogP contribution is -2.11. The van der Waals surface area contributed by atoms with Crippen LogP contribution in [0.15, 0.2) is 217 Å². The molecule has 0 aliphatic heterocycles. The van der Waals surface area contributed by atoms with E-state index in [0.29, 0.717) is 0 Å². The SMILES string of the molecule is c1cc(-c2cccc3ccccc23)cc(N(c2ccc(-c3cccc4ccccc34)cc2)c2ccccc2-c2ccc3oc4cc5ccccc5cc4c3c2)c1. The van der Waals surface area contributed by atoms with Crippen molar-refractivity contribution in [2.45, 2.75) is 0 Å². The third-order valence-corrected chi connectivity index (χ3v) is 11.2. The summed E-state index contributed by atoms with van der Waals surface area (Å²) in [6, 6.07) is 76.6. The van der Waals surface area contributed by atoms with Crippen molar-refractivity contribution in [3.63, 3.8) is 0 Å². The van der Waals surface area contributed by atoms with Crippen molar-refractivity contribution in [3.8, 4) is 33.4 Å². The summed E-state index contributed by atoms with van der Waals surface area (Å²) in [6.45, 7) is 0. The number of anilines is 3. The van der Waals surface area contributed by atoms with Gasteiger partial charge >= 0.3 is 0 Å². The first-order valence-corrected chi connectivity index (χ1v) is 19.2. The van der Waals surface area contributed by atoms with Gasteiger partial charge < -0.3 is 9.32 Å². The summed E-state index contributed by atoms with van der Waals surface area (Å²) < 4.78 is 6.42. The maximum atomic E-state index is 6.42. The van der Waals surface area contributed by atoms with Gasteiger partial charge in [-0.25, -0.2) is 0 Å². The highest BCUT2D eigenvalue weighted by molar-refractivity contribution is 6.11. The first kappa shape index (κ1) is 32.0. The number of fused-ring (bicyclic) bond motifs is 6. The smallest absolute Gasteiger partial charge is 0.136 e. The van der Waals surface area contributed by atoms with Gasteiger partial charge in [0.15, 0.2) is 0 Å². The molecule has 0 saturated carbocycles. The van der Waals surface area contributed by atoms with Crippen LogP contribution in [0.2, 0.25) is 0 Å². The average molecular weight is 714 g/mol. The van der Waals surface area contributed by atoms with Gasteiger partial charge in [0.1, 0.15) is 11.2 Å². The van der Waals surface area contributed by atoms with Crippen LogP contribution in [0.1, 0.15) is 0 Å². The molecule has 10 aromatic carbocycles. The van der Waals surface area contributed by atoms with Crippen LogP contribution in [0.4, 0.5) is 17.1 Å². The molecule has 0 radical (unpaired) electrons. The van der Waals surface area contributed by atoms with Crippen molar-refractivity contribution in [3.05, 3.63) is 212 Å². The average Bonchev–Trinajstić information content (AvgIpc) is 3.62. The van der Waals surface area contributed by atoms with Crippen LogP contribution in [0.5, 0.6) is 0 Å². The van der Waals surface area contributed by atoms with E-state index in [9.17, 15) is 0 Å².